The Morgan fingerprint density at radius 1 is 1.29 bits per heavy atom. The number of carboxylic acid groups (broad SMARTS) is 1. The summed E-state index contributed by atoms with van der Waals surface area (Å²) in [6.07, 6.45) is -4.71. The monoisotopic (exact) mass is 379 g/mol. The molecule has 2 rings (SSSR count). The van der Waals surface area contributed by atoms with Crippen LogP contribution in [0.3, 0.4) is 0 Å². The van der Waals surface area contributed by atoms with Crippen LogP contribution in [0.1, 0.15) is 20.8 Å². The summed E-state index contributed by atoms with van der Waals surface area (Å²) in [4.78, 5) is 11.8. The van der Waals surface area contributed by atoms with Gasteiger partial charge in [-0.1, -0.05) is 0 Å². The van der Waals surface area contributed by atoms with Gasteiger partial charge in [0.2, 0.25) is 0 Å². The lowest BCUT2D eigenvalue weighted by Gasteiger charge is -2.13. The molecule has 0 aliphatic carbocycles. The average molecular weight is 380 g/mol. The third kappa shape index (κ3) is 3.98. The van der Waals surface area contributed by atoms with Crippen LogP contribution >= 0.6 is 27.3 Å². The van der Waals surface area contributed by atoms with E-state index in [-0.39, 0.29) is 5.69 Å². The Hall–Kier alpha value is -1.54. The number of thiophene rings is 1. The van der Waals surface area contributed by atoms with Gasteiger partial charge in [-0.25, -0.2) is 4.79 Å². The molecule has 2 N–H and O–H groups in total. The average Bonchev–Trinajstić information content (AvgIpc) is 2.81. The quantitative estimate of drug-likeness (QED) is 0.798. The van der Waals surface area contributed by atoms with Crippen LogP contribution in [-0.4, -0.2) is 11.1 Å². The van der Waals surface area contributed by atoms with E-state index >= 15 is 0 Å². The summed E-state index contributed by atoms with van der Waals surface area (Å²) in [6.45, 7) is 0.361. The molecule has 0 aliphatic rings. The number of hydrogen-bond acceptors (Lipinski definition) is 3. The van der Waals surface area contributed by atoms with Gasteiger partial charge in [0.15, 0.2) is 0 Å². The lowest BCUT2D eigenvalue weighted by Crippen LogP contribution is -2.13. The van der Waals surface area contributed by atoms with E-state index in [0.717, 1.165) is 20.8 Å². The van der Waals surface area contributed by atoms with Crippen molar-refractivity contribution in [1.82, 2.24) is 0 Å². The first-order valence-corrected chi connectivity index (χ1v) is 7.31. The summed E-state index contributed by atoms with van der Waals surface area (Å²) in [7, 11) is 0. The van der Waals surface area contributed by atoms with Crippen LogP contribution < -0.4 is 5.32 Å². The Balaban J connectivity index is 2.23. The predicted octanol–water partition coefficient (Wildman–Crippen LogP) is 4.84. The van der Waals surface area contributed by atoms with Gasteiger partial charge >= 0.3 is 12.1 Å². The zero-order valence-corrected chi connectivity index (χ0v) is 12.8. The molecule has 2 aromatic rings. The van der Waals surface area contributed by atoms with Crippen molar-refractivity contribution in [3.63, 3.8) is 0 Å². The molecule has 0 fully saturated rings. The Labute approximate surface area is 130 Å². The van der Waals surface area contributed by atoms with Crippen molar-refractivity contribution < 1.29 is 23.1 Å². The second-order valence-corrected chi connectivity index (χ2v) is 6.67. The molecule has 0 amide bonds. The number of anilines is 1. The van der Waals surface area contributed by atoms with E-state index < -0.39 is 23.3 Å². The van der Waals surface area contributed by atoms with E-state index in [0.29, 0.717) is 6.54 Å². The molecule has 21 heavy (non-hydrogen) atoms. The summed E-state index contributed by atoms with van der Waals surface area (Å²) in [5.74, 6) is -1.60. The van der Waals surface area contributed by atoms with Gasteiger partial charge in [-0.05, 0) is 46.3 Å². The van der Waals surface area contributed by atoms with Gasteiger partial charge in [-0.2, -0.15) is 13.2 Å². The van der Waals surface area contributed by atoms with E-state index in [1.807, 2.05) is 12.1 Å². The van der Waals surface area contributed by atoms with Gasteiger partial charge in [0.05, 0.1) is 14.9 Å². The second-order valence-electron chi connectivity index (χ2n) is 4.12. The van der Waals surface area contributed by atoms with Gasteiger partial charge < -0.3 is 10.4 Å². The topological polar surface area (TPSA) is 49.3 Å². The molecule has 0 saturated heterocycles. The molecule has 0 bridgehead atoms. The molecule has 1 aromatic heterocycles. The number of halogens is 4. The molecule has 1 heterocycles. The molecule has 112 valence electrons. The SMILES string of the molecule is O=C(O)c1ccc(NCc2ccc(Br)s2)cc1C(F)(F)F. The number of carbonyl (C=O) groups is 1. The van der Waals surface area contributed by atoms with Gasteiger partial charge in [-0.3, -0.25) is 0 Å². The van der Waals surface area contributed by atoms with E-state index in [1.165, 1.54) is 17.4 Å². The number of nitrogens with one attached hydrogen (secondary N) is 1. The van der Waals surface area contributed by atoms with Crippen LogP contribution in [0.2, 0.25) is 0 Å². The molecule has 0 unspecified atom stereocenters. The first kappa shape index (κ1) is 15.8. The van der Waals surface area contributed by atoms with Crippen LogP contribution in [0.25, 0.3) is 0 Å². The van der Waals surface area contributed by atoms with Crippen LogP contribution in [0.5, 0.6) is 0 Å². The van der Waals surface area contributed by atoms with Crippen LogP contribution in [0, 0.1) is 0 Å². The highest BCUT2D eigenvalue weighted by Crippen LogP contribution is 2.34. The lowest BCUT2D eigenvalue weighted by molar-refractivity contribution is -0.138. The fraction of sp³-hybridized carbons (Fsp3) is 0.154. The van der Waals surface area contributed by atoms with Crippen molar-refractivity contribution in [2.45, 2.75) is 12.7 Å². The minimum absolute atomic E-state index is 0.219. The molecule has 0 spiro atoms. The number of hydrogen-bond donors (Lipinski definition) is 2. The van der Waals surface area contributed by atoms with E-state index in [9.17, 15) is 18.0 Å². The van der Waals surface area contributed by atoms with Crippen molar-refractivity contribution in [3.8, 4) is 0 Å². The molecular formula is C13H9BrF3NO2S. The smallest absolute Gasteiger partial charge is 0.417 e. The van der Waals surface area contributed by atoms with Crippen molar-refractivity contribution in [2.24, 2.45) is 0 Å². The molecule has 3 nitrogen and oxygen atoms in total. The van der Waals surface area contributed by atoms with Crippen molar-refractivity contribution >= 4 is 38.9 Å². The fourth-order valence-electron chi connectivity index (χ4n) is 1.71. The summed E-state index contributed by atoms with van der Waals surface area (Å²) in [5.41, 5.74) is -1.70. The standard InChI is InChI=1S/C13H9BrF3NO2S/c14-11-4-2-8(21-11)6-18-7-1-3-9(12(19)20)10(5-7)13(15,16)17/h1-5,18H,6H2,(H,19,20). The minimum atomic E-state index is -4.71. The number of alkyl halides is 3. The highest BCUT2D eigenvalue weighted by molar-refractivity contribution is 9.11. The summed E-state index contributed by atoms with van der Waals surface area (Å²) in [6, 6.07) is 6.78. The molecule has 0 saturated carbocycles. The number of carboxylic acids is 1. The maximum atomic E-state index is 12.9. The number of aromatic carboxylic acids is 1. The van der Waals surface area contributed by atoms with Crippen molar-refractivity contribution in [3.05, 3.63) is 50.1 Å². The van der Waals surface area contributed by atoms with E-state index in [1.54, 1.807) is 0 Å². The molecule has 0 atom stereocenters. The zero-order valence-electron chi connectivity index (χ0n) is 10.4. The van der Waals surface area contributed by atoms with Gasteiger partial charge in [0, 0.05) is 17.1 Å². The van der Waals surface area contributed by atoms with Crippen molar-refractivity contribution in [2.75, 3.05) is 5.32 Å². The highest BCUT2D eigenvalue weighted by atomic mass is 79.9. The molecule has 0 aliphatic heterocycles. The van der Waals surface area contributed by atoms with Crippen LogP contribution in [0.4, 0.5) is 18.9 Å². The number of rotatable bonds is 4. The van der Waals surface area contributed by atoms with Gasteiger partial charge in [-0.15, -0.1) is 11.3 Å². The maximum Gasteiger partial charge on any atom is 0.417 e. The van der Waals surface area contributed by atoms with Crippen molar-refractivity contribution in [1.29, 1.82) is 0 Å². The molecule has 1 aromatic carbocycles. The summed E-state index contributed by atoms with van der Waals surface area (Å²) < 4.78 is 39.5. The zero-order chi connectivity index (χ0) is 15.6. The third-order valence-corrected chi connectivity index (χ3v) is 4.27. The first-order valence-electron chi connectivity index (χ1n) is 5.70. The normalized spacial score (nSPS) is 11.4. The Bertz CT molecular complexity index is 670. The molecular weight excluding hydrogens is 371 g/mol. The Morgan fingerprint density at radius 3 is 2.52 bits per heavy atom. The van der Waals surface area contributed by atoms with Crippen LogP contribution in [0.15, 0.2) is 34.1 Å². The largest absolute Gasteiger partial charge is 0.478 e. The Kier molecular flexibility index (Phi) is 4.58. The fourth-order valence-corrected chi connectivity index (χ4v) is 3.13. The summed E-state index contributed by atoms with van der Waals surface area (Å²) >= 11 is 4.76. The lowest BCUT2D eigenvalue weighted by atomic mass is 10.1. The van der Waals surface area contributed by atoms with Gasteiger partial charge in [0.1, 0.15) is 0 Å². The third-order valence-electron chi connectivity index (χ3n) is 2.65. The Morgan fingerprint density at radius 2 is 2.00 bits per heavy atom. The second kappa shape index (κ2) is 6.07. The number of benzene rings is 1. The minimum Gasteiger partial charge on any atom is -0.478 e. The van der Waals surface area contributed by atoms with Gasteiger partial charge in [0.25, 0.3) is 0 Å². The molecule has 0 radical (unpaired) electrons. The van der Waals surface area contributed by atoms with E-state index in [4.69, 9.17) is 5.11 Å². The first-order chi connectivity index (χ1) is 9.77. The van der Waals surface area contributed by atoms with E-state index in [2.05, 4.69) is 21.2 Å². The van der Waals surface area contributed by atoms with Crippen LogP contribution in [-0.2, 0) is 12.7 Å². The maximum absolute atomic E-state index is 12.9. The molecule has 8 heteroatoms. The summed E-state index contributed by atoms with van der Waals surface area (Å²) in [5, 5.41) is 11.7. The highest BCUT2D eigenvalue weighted by Gasteiger charge is 2.35. The predicted molar refractivity (Wildman–Crippen MR) is 77.7 cm³/mol.